The Morgan fingerprint density at radius 3 is 2.73 bits per heavy atom. The summed E-state index contributed by atoms with van der Waals surface area (Å²) < 4.78 is 0. The third-order valence-corrected chi connectivity index (χ3v) is 0.978. The summed E-state index contributed by atoms with van der Waals surface area (Å²) in [6, 6.07) is 1.10. The molecule has 0 aliphatic carbocycles. The Morgan fingerprint density at radius 2 is 2.18 bits per heavy atom. The highest BCUT2D eigenvalue weighted by Gasteiger charge is 1.90. The van der Waals surface area contributed by atoms with Crippen LogP contribution in [-0.2, 0) is 0 Å². The van der Waals surface area contributed by atoms with Crippen molar-refractivity contribution < 1.29 is 5.21 Å². The van der Waals surface area contributed by atoms with Crippen LogP contribution in [0.15, 0.2) is 20.8 Å². The quantitative estimate of drug-likeness (QED) is 0.272. The monoisotopic (exact) mass is 155 g/mol. The number of H-pyrrole nitrogens is 2. The molecule has 0 bridgehead atoms. The fraction of sp³-hybridized carbons (Fsp3) is 0. The van der Waals surface area contributed by atoms with Crippen molar-refractivity contribution in [3.8, 4) is 0 Å². The summed E-state index contributed by atoms with van der Waals surface area (Å²) in [6.45, 7) is 0. The molecule has 0 unspecified atom stereocenters. The van der Waals surface area contributed by atoms with E-state index in [1.165, 1.54) is 0 Å². The van der Waals surface area contributed by atoms with E-state index < -0.39 is 11.2 Å². The first-order chi connectivity index (χ1) is 5.22. The van der Waals surface area contributed by atoms with Gasteiger partial charge in [-0.25, -0.2) is 4.79 Å². The third kappa shape index (κ3) is 1.78. The topological polar surface area (TPSA) is 98.3 Å². The van der Waals surface area contributed by atoms with Gasteiger partial charge in [-0.3, -0.25) is 9.78 Å². The Morgan fingerprint density at radius 1 is 1.45 bits per heavy atom. The molecule has 1 rings (SSSR count). The predicted octanol–water partition coefficient (Wildman–Crippen LogP) is -1.13. The standard InChI is InChI=1S/C5H5N3O3/c9-4-1-3(2-6-11)7-5(10)8-4/h1-2,11H,(H2,7,8,9,10). The summed E-state index contributed by atoms with van der Waals surface area (Å²) in [5.74, 6) is 0. The molecule has 0 aliphatic rings. The van der Waals surface area contributed by atoms with Crippen molar-refractivity contribution in [2.45, 2.75) is 0 Å². The van der Waals surface area contributed by atoms with E-state index in [2.05, 4.69) is 10.1 Å². The highest BCUT2D eigenvalue weighted by atomic mass is 16.4. The summed E-state index contributed by atoms with van der Waals surface area (Å²) in [5.41, 5.74) is -1.02. The van der Waals surface area contributed by atoms with Gasteiger partial charge in [0.25, 0.3) is 5.56 Å². The van der Waals surface area contributed by atoms with Crippen LogP contribution in [0.3, 0.4) is 0 Å². The lowest BCUT2D eigenvalue weighted by atomic mass is 10.4. The molecule has 1 aromatic rings. The molecular weight excluding hydrogens is 150 g/mol. The number of aromatic nitrogens is 2. The van der Waals surface area contributed by atoms with Gasteiger partial charge in [0, 0.05) is 6.07 Å². The van der Waals surface area contributed by atoms with Crippen LogP contribution in [0, 0.1) is 0 Å². The molecule has 0 saturated heterocycles. The van der Waals surface area contributed by atoms with Gasteiger partial charge < -0.3 is 10.2 Å². The molecule has 0 aliphatic heterocycles. The zero-order valence-corrected chi connectivity index (χ0v) is 5.37. The normalized spacial score (nSPS) is 10.5. The average Bonchev–Trinajstić information content (AvgIpc) is 1.85. The highest BCUT2D eigenvalue weighted by Crippen LogP contribution is 1.75. The minimum absolute atomic E-state index is 0.154. The molecule has 6 nitrogen and oxygen atoms in total. The van der Waals surface area contributed by atoms with Crippen molar-refractivity contribution in [2.24, 2.45) is 5.16 Å². The van der Waals surface area contributed by atoms with Crippen LogP contribution >= 0.6 is 0 Å². The van der Waals surface area contributed by atoms with Gasteiger partial charge in [-0.05, 0) is 0 Å². The molecule has 0 fully saturated rings. The predicted molar refractivity (Wildman–Crippen MR) is 37.1 cm³/mol. The van der Waals surface area contributed by atoms with E-state index in [1.54, 1.807) is 0 Å². The first-order valence-corrected chi connectivity index (χ1v) is 2.73. The Balaban J connectivity index is 3.30. The fourth-order valence-corrected chi connectivity index (χ4v) is 0.619. The Bertz CT molecular complexity index is 347. The zero-order chi connectivity index (χ0) is 8.27. The van der Waals surface area contributed by atoms with Gasteiger partial charge in [-0.2, -0.15) is 0 Å². The number of oxime groups is 1. The smallest absolute Gasteiger partial charge is 0.326 e. The number of nitrogens with zero attached hydrogens (tertiary/aromatic N) is 1. The number of aromatic amines is 2. The third-order valence-electron chi connectivity index (χ3n) is 0.978. The number of rotatable bonds is 1. The van der Waals surface area contributed by atoms with E-state index in [0.29, 0.717) is 0 Å². The van der Waals surface area contributed by atoms with Crippen molar-refractivity contribution >= 4 is 6.21 Å². The lowest BCUT2D eigenvalue weighted by molar-refractivity contribution is 0.321. The minimum Gasteiger partial charge on any atom is -0.411 e. The lowest BCUT2D eigenvalue weighted by Gasteiger charge is -1.87. The van der Waals surface area contributed by atoms with E-state index in [0.717, 1.165) is 12.3 Å². The van der Waals surface area contributed by atoms with E-state index in [1.807, 2.05) is 4.98 Å². The summed E-state index contributed by atoms with van der Waals surface area (Å²) in [5, 5.41) is 10.7. The van der Waals surface area contributed by atoms with E-state index in [-0.39, 0.29) is 5.69 Å². The van der Waals surface area contributed by atoms with Crippen molar-refractivity contribution in [3.05, 3.63) is 32.6 Å². The summed E-state index contributed by atoms with van der Waals surface area (Å²) in [6.07, 6.45) is 0.955. The van der Waals surface area contributed by atoms with Crippen molar-refractivity contribution in [1.29, 1.82) is 0 Å². The molecule has 0 atom stereocenters. The molecule has 1 heterocycles. The first-order valence-electron chi connectivity index (χ1n) is 2.73. The molecule has 0 spiro atoms. The second-order valence-electron chi connectivity index (χ2n) is 1.79. The fourth-order valence-electron chi connectivity index (χ4n) is 0.619. The Hall–Kier alpha value is -1.85. The first kappa shape index (κ1) is 7.26. The van der Waals surface area contributed by atoms with Gasteiger partial charge >= 0.3 is 5.69 Å². The average molecular weight is 155 g/mol. The van der Waals surface area contributed by atoms with Gasteiger partial charge in [0.05, 0.1) is 11.9 Å². The molecule has 11 heavy (non-hydrogen) atoms. The van der Waals surface area contributed by atoms with Crippen molar-refractivity contribution in [1.82, 2.24) is 9.97 Å². The molecule has 0 radical (unpaired) electrons. The van der Waals surface area contributed by atoms with E-state index in [9.17, 15) is 9.59 Å². The zero-order valence-electron chi connectivity index (χ0n) is 5.37. The molecule has 58 valence electrons. The van der Waals surface area contributed by atoms with Crippen LogP contribution in [0.25, 0.3) is 0 Å². The van der Waals surface area contributed by atoms with Gasteiger partial charge in [0.15, 0.2) is 0 Å². The maximum Gasteiger partial charge on any atom is 0.326 e. The van der Waals surface area contributed by atoms with Gasteiger partial charge in [0.2, 0.25) is 0 Å². The van der Waals surface area contributed by atoms with E-state index >= 15 is 0 Å². The van der Waals surface area contributed by atoms with Crippen LogP contribution < -0.4 is 11.2 Å². The van der Waals surface area contributed by atoms with Crippen molar-refractivity contribution in [3.63, 3.8) is 0 Å². The summed E-state index contributed by atoms with van der Waals surface area (Å²) >= 11 is 0. The lowest BCUT2D eigenvalue weighted by Crippen LogP contribution is -2.22. The molecule has 6 heteroatoms. The van der Waals surface area contributed by atoms with Crippen LogP contribution in [0.4, 0.5) is 0 Å². The Labute approximate surface area is 60.2 Å². The van der Waals surface area contributed by atoms with Gasteiger partial charge in [0.1, 0.15) is 0 Å². The summed E-state index contributed by atoms with van der Waals surface area (Å²) in [7, 11) is 0. The van der Waals surface area contributed by atoms with Crippen LogP contribution in [-0.4, -0.2) is 21.4 Å². The second kappa shape index (κ2) is 2.82. The maximum absolute atomic E-state index is 10.6. The van der Waals surface area contributed by atoms with Crippen LogP contribution in [0.1, 0.15) is 5.69 Å². The molecule has 1 aromatic heterocycles. The molecule has 0 amide bonds. The molecule has 0 saturated carbocycles. The van der Waals surface area contributed by atoms with Gasteiger partial charge in [-0.1, -0.05) is 5.16 Å². The SMILES string of the molecule is O=c1cc(C=NO)[nH]c(=O)[nH]1. The minimum atomic E-state index is -0.632. The van der Waals surface area contributed by atoms with Crippen LogP contribution in [0.2, 0.25) is 0 Å². The van der Waals surface area contributed by atoms with Gasteiger partial charge in [-0.15, -0.1) is 0 Å². The molecule has 3 N–H and O–H groups in total. The molecular formula is C5H5N3O3. The van der Waals surface area contributed by atoms with E-state index in [4.69, 9.17) is 5.21 Å². The number of hydrogen-bond acceptors (Lipinski definition) is 4. The highest BCUT2D eigenvalue weighted by molar-refractivity contribution is 5.75. The molecule has 0 aromatic carbocycles. The van der Waals surface area contributed by atoms with Crippen molar-refractivity contribution in [2.75, 3.05) is 0 Å². The number of nitrogens with one attached hydrogen (secondary N) is 2. The maximum atomic E-state index is 10.6. The Kier molecular flexibility index (Phi) is 1.86. The van der Waals surface area contributed by atoms with Crippen LogP contribution in [0.5, 0.6) is 0 Å². The number of hydrogen-bond donors (Lipinski definition) is 3. The summed E-state index contributed by atoms with van der Waals surface area (Å²) in [4.78, 5) is 25.3. The second-order valence-corrected chi connectivity index (χ2v) is 1.79. The largest absolute Gasteiger partial charge is 0.411 e.